The highest BCUT2D eigenvalue weighted by molar-refractivity contribution is 6.01. The number of alkyl halides is 3. The standard InChI is InChI=1S/C44H49F4N3O6/c1-5-25(3)32(21-30(53)20-28-10-7-8-13-36(28)45)42(57)51-43(19-18-37-34(23-43)31-11-9-12-35(40(31)50-37)44(46,47)48)39(55)22-33(26(4)6-2)41(56)49-24-38(54)27-14-16-29(52)17-15-27/h7-17,25-26,32-33,50,52H,5-6,18-24H2,1-4H3,(H,49,56)(H,51,57)/t25?,26?,32-,33-,43+/m0/s1. The van der Waals surface area contributed by atoms with Crippen LogP contribution in [-0.2, 0) is 44.6 Å². The molecule has 1 aromatic heterocycles. The van der Waals surface area contributed by atoms with Gasteiger partial charge in [-0.25, -0.2) is 4.39 Å². The first kappa shape index (κ1) is 42.8. The molecule has 0 bridgehead atoms. The van der Waals surface area contributed by atoms with E-state index >= 15 is 0 Å². The van der Waals surface area contributed by atoms with Crippen LogP contribution in [0.2, 0.25) is 0 Å². The summed E-state index contributed by atoms with van der Waals surface area (Å²) in [5.41, 5.74) is -1.26. The van der Waals surface area contributed by atoms with Gasteiger partial charge in [0.15, 0.2) is 11.6 Å². The van der Waals surface area contributed by atoms with Gasteiger partial charge in [0.2, 0.25) is 11.8 Å². The van der Waals surface area contributed by atoms with Gasteiger partial charge in [-0.3, -0.25) is 24.0 Å². The highest BCUT2D eigenvalue weighted by Gasteiger charge is 2.47. The van der Waals surface area contributed by atoms with Crippen LogP contribution in [0.1, 0.15) is 92.5 Å². The summed E-state index contributed by atoms with van der Waals surface area (Å²) in [6.07, 6.45) is -4.55. The number of benzene rings is 3. The van der Waals surface area contributed by atoms with Gasteiger partial charge >= 0.3 is 6.18 Å². The smallest absolute Gasteiger partial charge is 0.418 e. The first-order valence-corrected chi connectivity index (χ1v) is 19.4. The predicted octanol–water partition coefficient (Wildman–Crippen LogP) is 7.86. The Morgan fingerprint density at radius 1 is 0.860 bits per heavy atom. The fourth-order valence-electron chi connectivity index (χ4n) is 7.74. The molecule has 13 heteroatoms. The van der Waals surface area contributed by atoms with E-state index in [0.29, 0.717) is 24.1 Å². The van der Waals surface area contributed by atoms with E-state index in [4.69, 9.17) is 0 Å². The summed E-state index contributed by atoms with van der Waals surface area (Å²) in [7, 11) is 0. The van der Waals surface area contributed by atoms with Crippen LogP contribution in [0.5, 0.6) is 5.75 Å². The largest absolute Gasteiger partial charge is 0.508 e. The van der Waals surface area contributed by atoms with Crippen LogP contribution >= 0.6 is 0 Å². The Balaban J connectivity index is 1.48. The molecule has 2 amide bonds. The summed E-state index contributed by atoms with van der Waals surface area (Å²) in [4.78, 5) is 72.2. The van der Waals surface area contributed by atoms with Gasteiger partial charge in [-0.05, 0) is 72.2 Å². The van der Waals surface area contributed by atoms with Crippen LogP contribution in [0.15, 0.2) is 66.7 Å². The van der Waals surface area contributed by atoms with E-state index in [2.05, 4.69) is 15.6 Å². The number of nitrogens with one attached hydrogen (secondary N) is 3. The number of para-hydroxylation sites is 1. The van der Waals surface area contributed by atoms with Gasteiger partial charge in [-0.1, -0.05) is 70.9 Å². The van der Waals surface area contributed by atoms with Crippen molar-refractivity contribution in [3.05, 3.63) is 100 Å². The number of aromatic amines is 1. The van der Waals surface area contributed by atoms with Crippen LogP contribution in [0, 0.1) is 29.5 Å². The van der Waals surface area contributed by atoms with Gasteiger partial charge in [-0.2, -0.15) is 13.2 Å². The first-order valence-electron chi connectivity index (χ1n) is 19.4. The van der Waals surface area contributed by atoms with Crippen molar-refractivity contribution in [2.45, 2.75) is 90.8 Å². The highest BCUT2D eigenvalue weighted by atomic mass is 19.4. The molecule has 0 saturated carbocycles. The minimum absolute atomic E-state index is 0.00330. The Hall–Kier alpha value is -5.33. The SMILES string of the molecule is CCC(C)[C@H](CC(=O)[C@@]1(NC(=O)[C@@H](CC(=O)Cc2ccccc2F)C(C)CC)CCc2[nH]c3c(C(F)(F)F)cccc3c2C1)C(=O)NCC(=O)c1ccc(O)cc1. The zero-order valence-electron chi connectivity index (χ0n) is 32.5. The molecule has 5 atom stereocenters. The van der Waals surface area contributed by atoms with E-state index in [1.54, 1.807) is 19.9 Å². The lowest BCUT2D eigenvalue weighted by Crippen LogP contribution is -2.60. The van der Waals surface area contributed by atoms with E-state index in [-0.39, 0.29) is 90.5 Å². The van der Waals surface area contributed by atoms with Gasteiger partial charge < -0.3 is 20.7 Å². The zero-order chi connectivity index (χ0) is 41.7. The molecule has 0 radical (unpaired) electrons. The van der Waals surface area contributed by atoms with E-state index in [1.807, 2.05) is 13.8 Å². The molecule has 0 aliphatic heterocycles. The Morgan fingerprint density at radius 2 is 1.51 bits per heavy atom. The number of phenols is 1. The Morgan fingerprint density at radius 3 is 2.14 bits per heavy atom. The number of aromatic hydroxyl groups is 1. The molecule has 2 unspecified atom stereocenters. The Bertz CT molecular complexity index is 2130. The topological polar surface area (TPSA) is 145 Å². The molecular weight excluding hydrogens is 742 g/mol. The van der Waals surface area contributed by atoms with Gasteiger partial charge in [0, 0.05) is 54.2 Å². The van der Waals surface area contributed by atoms with E-state index < -0.39 is 58.3 Å². The minimum atomic E-state index is -4.66. The number of amides is 2. The molecule has 3 aromatic carbocycles. The summed E-state index contributed by atoms with van der Waals surface area (Å²) in [5.74, 6) is -5.56. The molecule has 4 aromatic rings. The molecule has 0 saturated heterocycles. The number of aromatic nitrogens is 1. The number of fused-ring (bicyclic) bond motifs is 3. The second-order valence-electron chi connectivity index (χ2n) is 15.4. The van der Waals surface area contributed by atoms with Crippen molar-refractivity contribution in [1.82, 2.24) is 15.6 Å². The van der Waals surface area contributed by atoms with E-state index in [9.17, 15) is 46.6 Å². The summed E-state index contributed by atoms with van der Waals surface area (Å²) in [5, 5.41) is 15.5. The molecule has 57 heavy (non-hydrogen) atoms. The fraction of sp³-hybridized carbons (Fsp3) is 0.432. The number of rotatable bonds is 17. The molecule has 0 fully saturated rings. The third kappa shape index (κ3) is 9.80. The number of hydrogen-bond donors (Lipinski definition) is 4. The number of halogens is 4. The lowest BCUT2D eigenvalue weighted by molar-refractivity contribution is -0.139. The van der Waals surface area contributed by atoms with Crippen molar-refractivity contribution in [3.8, 4) is 5.75 Å². The molecule has 9 nitrogen and oxygen atoms in total. The Kier molecular flexibility index (Phi) is 13.4. The van der Waals surface area contributed by atoms with Gasteiger partial charge in [0.1, 0.15) is 22.9 Å². The lowest BCUT2D eigenvalue weighted by Gasteiger charge is -2.39. The molecule has 1 aliphatic carbocycles. The van der Waals surface area contributed by atoms with Crippen LogP contribution in [-0.4, -0.2) is 51.3 Å². The fourth-order valence-corrected chi connectivity index (χ4v) is 7.74. The summed E-state index contributed by atoms with van der Waals surface area (Å²) in [6, 6.07) is 15.2. The van der Waals surface area contributed by atoms with Crippen LogP contribution in [0.4, 0.5) is 17.6 Å². The maximum Gasteiger partial charge on any atom is 0.418 e. The van der Waals surface area contributed by atoms with Gasteiger partial charge in [0.25, 0.3) is 0 Å². The van der Waals surface area contributed by atoms with E-state index in [0.717, 1.165) is 6.07 Å². The summed E-state index contributed by atoms with van der Waals surface area (Å²) >= 11 is 0. The predicted molar refractivity (Wildman–Crippen MR) is 207 cm³/mol. The molecule has 1 heterocycles. The van der Waals surface area contributed by atoms with Crippen molar-refractivity contribution in [2.24, 2.45) is 23.7 Å². The van der Waals surface area contributed by atoms with Crippen molar-refractivity contribution in [1.29, 1.82) is 0 Å². The van der Waals surface area contributed by atoms with Crippen LogP contribution in [0.3, 0.4) is 0 Å². The number of hydrogen-bond acceptors (Lipinski definition) is 6. The average Bonchev–Trinajstić information content (AvgIpc) is 3.55. The number of aryl methyl sites for hydroxylation is 1. The third-order valence-corrected chi connectivity index (χ3v) is 11.7. The molecule has 304 valence electrons. The second-order valence-corrected chi connectivity index (χ2v) is 15.4. The number of H-pyrrole nitrogens is 1. The van der Waals surface area contributed by atoms with E-state index in [1.165, 1.54) is 54.6 Å². The van der Waals surface area contributed by atoms with Gasteiger partial charge in [-0.15, -0.1) is 0 Å². The van der Waals surface area contributed by atoms with Crippen molar-refractivity contribution in [3.63, 3.8) is 0 Å². The molecule has 4 N–H and O–H groups in total. The normalized spacial score (nSPS) is 17.5. The molecule has 1 aliphatic rings. The number of phenolic OH excluding ortho intramolecular Hbond substituents is 1. The first-order chi connectivity index (χ1) is 27.0. The summed E-state index contributed by atoms with van der Waals surface area (Å²) < 4.78 is 56.8. The third-order valence-electron chi connectivity index (χ3n) is 11.7. The van der Waals surface area contributed by atoms with Gasteiger partial charge in [0.05, 0.1) is 17.6 Å². The van der Waals surface area contributed by atoms with Crippen molar-refractivity contribution < 1.29 is 46.6 Å². The van der Waals surface area contributed by atoms with Crippen molar-refractivity contribution in [2.75, 3.05) is 6.54 Å². The molecular formula is C44H49F4N3O6. The highest BCUT2D eigenvalue weighted by Crippen LogP contribution is 2.41. The monoisotopic (exact) mass is 791 g/mol. The number of ketones is 3. The zero-order valence-corrected chi connectivity index (χ0v) is 32.5. The molecule has 5 rings (SSSR count). The van der Waals surface area contributed by atoms with Crippen molar-refractivity contribution >= 4 is 40.1 Å². The quantitative estimate of drug-likeness (QED) is 0.0633. The van der Waals surface area contributed by atoms with Crippen LogP contribution < -0.4 is 10.6 Å². The number of Topliss-reactive ketones (excluding diaryl/α,β-unsaturated/α-hetero) is 3. The second kappa shape index (κ2) is 17.9. The number of carbonyl (C=O) groups excluding carboxylic acids is 5. The minimum Gasteiger partial charge on any atom is -0.508 e. The average molecular weight is 792 g/mol. The maximum atomic E-state index is 14.9. The lowest BCUT2D eigenvalue weighted by atomic mass is 9.72. The number of carbonyl (C=O) groups is 5. The maximum absolute atomic E-state index is 14.9. The van der Waals surface area contributed by atoms with Crippen LogP contribution in [0.25, 0.3) is 10.9 Å². The Labute approximate surface area is 329 Å². The molecule has 0 spiro atoms. The summed E-state index contributed by atoms with van der Waals surface area (Å²) in [6.45, 7) is 6.92.